The molecule has 0 spiro atoms. The molecule has 3 N–H and O–H groups in total. The number of piperidine rings is 1. The molecule has 0 radical (unpaired) electrons. The van der Waals surface area contributed by atoms with E-state index in [1.54, 1.807) is 0 Å². The second kappa shape index (κ2) is 6.18. The fourth-order valence-electron chi connectivity index (χ4n) is 2.22. The van der Waals surface area contributed by atoms with Crippen LogP contribution in [0.4, 0.5) is 0 Å². The summed E-state index contributed by atoms with van der Waals surface area (Å²) in [5.41, 5.74) is 5.55. The van der Waals surface area contributed by atoms with Crippen LogP contribution in [0.25, 0.3) is 0 Å². The highest BCUT2D eigenvalue weighted by Crippen LogP contribution is 2.21. The second-order valence-electron chi connectivity index (χ2n) is 5.91. The number of nitrogens with two attached hydrogens (primary N) is 1. The first kappa shape index (κ1) is 15.0. The van der Waals surface area contributed by atoms with E-state index in [4.69, 9.17) is 10.8 Å². The zero-order chi connectivity index (χ0) is 13.8. The van der Waals surface area contributed by atoms with Gasteiger partial charge in [-0.15, -0.1) is 0 Å². The Labute approximate surface area is 108 Å². The van der Waals surface area contributed by atoms with Crippen LogP contribution in [0.1, 0.15) is 46.0 Å². The van der Waals surface area contributed by atoms with E-state index in [1.807, 2.05) is 18.7 Å². The Morgan fingerprint density at radius 1 is 1.33 bits per heavy atom. The molecular formula is C13H24N2O3. The second-order valence-corrected chi connectivity index (χ2v) is 5.91. The zero-order valence-electron chi connectivity index (χ0n) is 11.3. The van der Waals surface area contributed by atoms with E-state index < -0.39 is 5.97 Å². The van der Waals surface area contributed by atoms with Crippen LogP contribution in [0, 0.1) is 5.92 Å². The number of rotatable bonds is 5. The summed E-state index contributed by atoms with van der Waals surface area (Å²) in [4.78, 5) is 24.4. The Morgan fingerprint density at radius 2 is 1.89 bits per heavy atom. The van der Waals surface area contributed by atoms with E-state index in [-0.39, 0.29) is 23.8 Å². The normalized spacial score (nSPS) is 17.8. The lowest BCUT2D eigenvalue weighted by atomic mass is 9.93. The Kier molecular flexibility index (Phi) is 5.14. The maximum absolute atomic E-state index is 11.9. The molecule has 1 saturated heterocycles. The standard InChI is InChI=1S/C13H24N2O3/c1-13(2,14)6-3-11(16)15-7-4-10(5-8-15)9-12(17)18/h10H,3-9,14H2,1-2H3,(H,17,18). The molecule has 0 aromatic heterocycles. The first-order chi connectivity index (χ1) is 8.28. The number of amides is 1. The van der Waals surface area contributed by atoms with Crippen molar-refractivity contribution < 1.29 is 14.7 Å². The SMILES string of the molecule is CC(C)(N)CCC(=O)N1CCC(CC(=O)O)CC1. The smallest absolute Gasteiger partial charge is 0.303 e. The number of nitrogens with zero attached hydrogens (tertiary/aromatic N) is 1. The number of carbonyl (C=O) groups is 2. The van der Waals surface area contributed by atoms with Gasteiger partial charge >= 0.3 is 5.97 Å². The number of aliphatic carboxylic acids is 1. The van der Waals surface area contributed by atoms with Gasteiger partial charge < -0.3 is 15.7 Å². The van der Waals surface area contributed by atoms with E-state index in [0.29, 0.717) is 25.9 Å². The van der Waals surface area contributed by atoms with Crippen LogP contribution >= 0.6 is 0 Å². The molecule has 0 aromatic carbocycles. The van der Waals surface area contributed by atoms with Gasteiger partial charge in [-0.1, -0.05) is 0 Å². The lowest BCUT2D eigenvalue weighted by molar-refractivity contribution is -0.138. The van der Waals surface area contributed by atoms with Gasteiger partial charge in [0.2, 0.25) is 5.91 Å². The number of hydrogen-bond donors (Lipinski definition) is 2. The highest BCUT2D eigenvalue weighted by Gasteiger charge is 2.24. The van der Waals surface area contributed by atoms with Crippen molar-refractivity contribution in [1.29, 1.82) is 0 Å². The molecule has 18 heavy (non-hydrogen) atoms. The van der Waals surface area contributed by atoms with Crippen molar-refractivity contribution >= 4 is 11.9 Å². The van der Waals surface area contributed by atoms with Crippen LogP contribution in [-0.4, -0.2) is 40.5 Å². The van der Waals surface area contributed by atoms with E-state index in [0.717, 1.165) is 12.8 Å². The fourth-order valence-corrected chi connectivity index (χ4v) is 2.22. The molecule has 1 heterocycles. The molecule has 0 aromatic rings. The topological polar surface area (TPSA) is 83.6 Å². The molecule has 5 heteroatoms. The monoisotopic (exact) mass is 256 g/mol. The molecule has 0 aliphatic carbocycles. The molecule has 5 nitrogen and oxygen atoms in total. The van der Waals surface area contributed by atoms with E-state index in [2.05, 4.69) is 0 Å². The highest BCUT2D eigenvalue weighted by atomic mass is 16.4. The summed E-state index contributed by atoms with van der Waals surface area (Å²) in [6, 6.07) is 0. The van der Waals surface area contributed by atoms with Crippen molar-refractivity contribution in [2.45, 2.75) is 51.5 Å². The van der Waals surface area contributed by atoms with Crippen molar-refractivity contribution in [1.82, 2.24) is 4.90 Å². The molecule has 0 unspecified atom stereocenters. The Balaban J connectivity index is 2.29. The van der Waals surface area contributed by atoms with Gasteiger partial charge in [0.05, 0.1) is 0 Å². The molecule has 104 valence electrons. The van der Waals surface area contributed by atoms with Gasteiger partial charge in [-0.25, -0.2) is 0 Å². The summed E-state index contributed by atoms with van der Waals surface area (Å²) >= 11 is 0. The fraction of sp³-hybridized carbons (Fsp3) is 0.846. The van der Waals surface area contributed by atoms with Gasteiger partial charge in [-0.05, 0) is 39.0 Å². The van der Waals surface area contributed by atoms with E-state index in [9.17, 15) is 9.59 Å². The van der Waals surface area contributed by atoms with E-state index in [1.165, 1.54) is 0 Å². The minimum atomic E-state index is -0.746. The van der Waals surface area contributed by atoms with Gasteiger partial charge in [0.1, 0.15) is 0 Å². The van der Waals surface area contributed by atoms with Crippen LogP contribution in [-0.2, 0) is 9.59 Å². The molecule has 1 fully saturated rings. The molecule has 0 bridgehead atoms. The summed E-state index contributed by atoms with van der Waals surface area (Å²) in [7, 11) is 0. The average molecular weight is 256 g/mol. The molecule has 0 saturated carbocycles. The van der Waals surface area contributed by atoms with Crippen molar-refractivity contribution in [2.24, 2.45) is 11.7 Å². The Bertz CT molecular complexity index is 302. The highest BCUT2D eigenvalue weighted by molar-refractivity contribution is 5.76. The number of carboxylic acids is 1. The molecular weight excluding hydrogens is 232 g/mol. The number of carbonyl (C=O) groups excluding carboxylic acids is 1. The summed E-state index contributed by atoms with van der Waals surface area (Å²) < 4.78 is 0. The summed E-state index contributed by atoms with van der Waals surface area (Å²) in [5.74, 6) is -0.385. The molecule has 1 aliphatic rings. The Morgan fingerprint density at radius 3 is 2.33 bits per heavy atom. The third kappa shape index (κ3) is 5.49. The van der Waals surface area contributed by atoms with Crippen molar-refractivity contribution in [3.05, 3.63) is 0 Å². The minimum Gasteiger partial charge on any atom is -0.481 e. The van der Waals surface area contributed by atoms with Crippen LogP contribution in [0.5, 0.6) is 0 Å². The number of hydrogen-bond acceptors (Lipinski definition) is 3. The lowest BCUT2D eigenvalue weighted by Gasteiger charge is -2.32. The summed E-state index contributed by atoms with van der Waals surface area (Å²) in [6.07, 6.45) is 2.97. The molecule has 0 atom stereocenters. The predicted molar refractivity (Wildman–Crippen MR) is 69.1 cm³/mol. The first-order valence-corrected chi connectivity index (χ1v) is 6.56. The van der Waals surface area contributed by atoms with Crippen molar-refractivity contribution in [3.8, 4) is 0 Å². The average Bonchev–Trinajstić information content (AvgIpc) is 2.25. The lowest BCUT2D eigenvalue weighted by Crippen LogP contribution is -2.40. The minimum absolute atomic E-state index is 0.141. The largest absolute Gasteiger partial charge is 0.481 e. The van der Waals surface area contributed by atoms with Crippen LogP contribution in [0.15, 0.2) is 0 Å². The van der Waals surface area contributed by atoms with Gasteiger partial charge in [0.15, 0.2) is 0 Å². The molecule has 1 amide bonds. The van der Waals surface area contributed by atoms with Crippen LogP contribution in [0.3, 0.4) is 0 Å². The van der Waals surface area contributed by atoms with Gasteiger partial charge in [-0.2, -0.15) is 0 Å². The van der Waals surface area contributed by atoms with Gasteiger partial charge in [-0.3, -0.25) is 9.59 Å². The number of carboxylic acid groups (broad SMARTS) is 1. The summed E-state index contributed by atoms with van der Waals surface area (Å²) in [6.45, 7) is 5.20. The van der Waals surface area contributed by atoms with E-state index >= 15 is 0 Å². The summed E-state index contributed by atoms with van der Waals surface area (Å²) in [5, 5.41) is 8.72. The molecule has 1 aliphatic heterocycles. The quantitative estimate of drug-likeness (QED) is 0.774. The number of likely N-dealkylation sites (tertiary alicyclic amines) is 1. The van der Waals surface area contributed by atoms with Gasteiger partial charge in [0, 0.05) is 31.5 Å². The van der Waals surface area contributed by atoms with Crippen LogP contribution in [0.2, 0.25) is 0 Å². The van der Waals surface area contributed by atoms with Crippen LogP contribution < -0.4 is 5.73 Å². The van der Waals surface area contributed by atoms with Crippen molar-refractivity contribution in [3.63, 3.8) is 0 Å². The third-order valence-electron chi connectivity index (χ3n) is 3.41. The van der Waals surface area contributed by atoms with Gasteiger partial charge in [0.25, 0.3) is 0 Å². The zero-order valence-corrected chi connectivity index (χ0v) is 11.3. The third-order valence-corrected chi connectivity index (χ3v) is 3.41. The first-order valence-electron chi connectivity index (χ1n) is 6.56. The van der Waals surface area contributed by atoms with Crippen molar-refractivity contribution in [2.75, 3.05) is 13.1 Å². The molecule has 1 rings (SSSR count). The maximum Gasteiger partial charge on any atom is 0.303 e. The Hall–Kier alpha value is -1.10. The predicted octanol–water partition coefficient (Wildman–Crippen LogP) is 1.22. The maximum atomic E-state index is 11.9.